The van der Waals surface area contributed by atoms with Crippen molar-refractivity contribution in [1.29, 1.82) is 0 Å². The summed E-state index contributed by atoms with van der Waals surface area (Å²) in [5.74, 6) is -0.386. The number of aromatic hydroxyl groups is 1. The monoisotopic (exact) mass is 524 g/mol. The molecule has 0 amide bonds. The zero-order valence-corrected chi connectivity index (χ0v) is 25.3. The van der Waals surface area contributed by atoms with Crippen molar-refractivity contribution in [1.82, 2.24) is 0 Å². The second kappa shape index (κ2) is 9.84. The van der Waals surface area contributed by atoms with Crippen molar-refractivity contribution in [2.75, 3.05) is 0 Å². The molecule has 0 aliphatic rings. The van der Waals surface area contributed by atoms with E-state index in [-0.39, 0.29) is 121 Å². The van der Waals surface area contributed by atoms with E-state index < -0.39 is 50.4 Å². The Labute approximate surface area is 248 Å². The Hall–Kier alpha value is 0.450. The molecular weight excluding hydrogens is 517 g/mol. The van der Waals surface area contributed by atoms with Crippen LogP contribution in [0.5, 0.6) is 5.75 Å². The first-order chi connectivity index (χ1) is 13.2. The third-order valence-corrected chi connectivity index (χ3v) is 7.20. The number of hydrogen-bond donors (Lipinski definition) is 1. The third kappa shape index (κ3) is 5.03. The van der Waals surface area contributed by atoms with Gasteiger partial charge in [-0.1, -0.05) is 6.07 Å². The fourth-order valence-electron chi connectivity index (χ4n) is 3.49. The standard InChI is InChI=1S/C16H10O10S3.3Na/c17-11-4-3-9-12(27(18,19)20)5-10-14(29(24,25)26)6-13(28(21,22)23)8-2-1-7(11)15(9)16(8)10;;;/h1-6,17H,(H,18,19,20)(H,21,22,23)(H,24,25,26);;;/q;3*+1/p-3. The summed E-state index contributed by atoms with van der Waals surface area (Å²) in [5, 5.41) is 8.55. The van der Waals surface area contributed by atoms with Gasteiger partial charge in [0.25, 0.3) is 0 Å². The quantitative estimate of drug-likeness (QED) is 0.153. The Morgan fingerprint density at radius 2 is 0.875 bits per heavy atom. The minimum atomic E-state index is -5.40. The largest absolute Gasteiger partial charge is 1.00 e. The van der Waals surface area contributed by atoms with E-state index in [0.717, 1.165) is 18.2 Å². The normalized spacial score (nSPS) is 12.3. The van der Waals surface area contributed by atoms with Crippen LogP contribution in [-0.2, 0) is 30.4 Å². The van der Waals surface area contributed by atoms with Crippen molar-refractivity contribution in [2.45, 2.75) is 14.7 Å². The Kier molecular flexibility index (Phi) is 9.37. The van der Waals surface area contributed by atoms with Gasteiger partial charge in [-0.2, -0.15) is 0 Å². The van der Waals surface area contributed by atoms with E-state index in [1.165, 1.54) is 6.07 Å². The molecule has 0 fully saturated rings. The Balaban J connectivity index is 0.00000171. The average Bonchev–Trinajstić information content (AvgIpc) is 2.57. The summed E-state index contributed by atoms with van der Waals surface area (Å²) in [6, 6.07) is 5.45. The molecule has 0 radical (unpaired) electrons. The molecule has 0 aliphatic carbocycles. The summed E-state index contributed by atoms with van der Waals surface area (Å²) in [6.07, 6.45) is 0. The van der Waals surface area contributed by atoms with Crippen molar-refractivity contribution in [3.8, 4) is 5.75 Å². The first-order valence-electron chi connectivity index (χ1n) is 7.56. The number of phenolic OH excluding ortho intramolecular Hbond substituents is 1. The molecule has 0 aliphatic heterocycles. The SMILES string of the molecule is O=S(=O)([O-])c1cc2c(S(=O)(=O)[O-])cc(S(=O)(=O)[O-])c3ccc4c(O)ccc1c4c32.[Na+].[Na+].[Na+]. The second-order valence-electron chi connectivity index (χ2n) is 6.20. The van der Waals surface area contributed by atoms with E-state index >= 15 is 0 Å². The van der Waals surface area contributed by atoms with Crippen LogP contribution < -0.4 is 88.7 Å². The van der Waals surface area contributed by atoms with E-state index in [1.54, 1.807) is 0 Å². The van der Waals surface area contributed by atoms with Crippen molar-refractivity contribution >= 4 is 62.7 Å². The molecule has 10 nitrogen and oxygen atoms in total. The van der Waals surface area contributed by atoms with Gasteiger partial charge < -0.3 is 18.8 Å². The first kappa shape index (κ1) is 30.5. The Bertz CT molecular complexity index is 1680. The fourth-order valence-corrected chi connectivity index (χ4v) is 5.66. The smallest absolute Gasteiger partial charge is 0.744 e. The number of hydrogen-bond acceptors (Lipinski definition) is 10. The van der Waals surface area contributed by atoms with Crippen LogP contribution in [-0.4, -0.2) is 44.0 Å². The zero-order valence-electron chi connectivity index (χ0n) is 16.8. The average molecular weight is 524 g/mol. The number of benzene rings is 4. The molecule has 0 saturated carbocycles. The van der Waals surface area contributed by atoms with Crippen molar-refractivity contribution < 1.29 is 133 Å². The predicted molar refractivity (Wildman–Crippen MR) is 95.7 cm³/mol. The maximum absolute atomic E-state index is 11.8. The van der Waals surface area contributed by atoms with Gasteiger partial charge in [-0.3, -0.25) is 0 Å². The molecule has 0 bridgehead atoms. The van der Waals surface area contributed by atoms with E-state index in [2.05, 4.69) is 0 Å². The molecule has 152 valence electrons. The van der Waals surface area contributed by atoms with Gasteiger partial charge >= 0.3 is 88.7 Å². The van der Waals surface area contributed by atoms with Crippen LogP contribution in [0.15, 0.2) is 51.1 Å². The minimum absolute atomic E-state index is 0. The molecule has 1 N–H and O–H groups in total. The number of rotatable bonds is 3. The van der Waals surface area contributed by atoms with E-state index in [4.69, 9.17) is 0 Å². The maximum Gasteiger partial charge on any atom is 1.00 e. The zero-order chi connectivity index (χ0) is 21.5. The molecule has 4 aromatic rings. The predicted octanol–water partition coefficient (Wildman–Crippen LogP) is -7.99. The fraction of sp³-hybridized carbons (Fsp3) is 0. The van der Waals surface area contributed by atoms with Gasteiger partial charge in [-0.15, -0.1) is 0 Å². The topological polar surface area (TPSA) is 192 Å². The molecule has 0 saturated heterocycles. The van der Waals surface area contributed by atoms with Gasteiger partial charge in [0.2, 0.25) is 0 Å². The molecule has 0 unspecified atom stereocenters. The summed E-state index contributed by atoms with van der Waals surface area (Å²) in [5.41, 5.74) is 0. The molecule has 0 spiro atoms. The molecular formula is C16H7Na3O10S3. The van der Waals surface area contributed by atoms with Crippen molar-refractivity contribution in [3.63, 3.8) is 0 Å². The third-order valence-electron chi connectivity index (χ3n) is 4.57. The van der Waals surface area contributed by atoms with Crippen LogP contribution in [0.3, 0.4) is 0 Å². The van der Waals surface area contributed by atoms with E-state index in [1.807, 2.05) is 0 Å². The van der Waals surface area contributed by atoms with Gasteiger partial charge in [0.1, 0.15) is 36.1 Å². The first-order valence-corrected chi connectivity index (χ1v) is 11.8. The molecule has 4 aromatic carbocycles. The molecule has 0 aromatic heterocycles. The summed E-state index contributed by atoms with van der Waals surface area (Å²) >= 11 is 0. The van der Waals surface area contributed by atoms with Crippen LogP contribution in [0.25, 0.3) is 32.3 Å². The van der Waals surface area contributed by atoms with Crippen molar-refractivity contribution in [3.05, 3.63) is 36.4 Å². The minimum Gasteiger partial charge on any atom is -0.744 e. The van der Waals surface area contributed by atoms with Crippen LogP contribution >= 0.6 is 0 Å². The summed E-state index contributed by atoms with van der Waals surface area (Å²) in [4.78, 5) is -3.06. The molecule has 0 atom stereocenters. The molecule has 0 heterocycles. The Morgan fingerprint density at radius 3 is 1.34 bits per heavy atom. The summed E-state index contributed by atoms with van der Waals surface area (Å²) in [6.45, 7) is 0. The van der Waals surface area contributed by atoms with Crippen LogP contribution in [0.4, 0.5) is 0 Å². The summed E-state index contributed by atoms with van der Waals surface area (Å²) < 4.78 is 106. The van der Waals surface area contributed by atoms with Gasteiger partial charge in [0.15, 0.2) is 0 Å². The van der Waals surface area contributed by atoms with E-state index in [0.29, 0.717) is 12.1 Å². The van der Waals surface area contributed by atoms with Gasteiger partial charge in [0, 0.05) is 32.3 Å². The maximum atomic E-state index is 11.8. The molecule has 32 heavy (non-hydrogen) atoms. The second-order valence-corrected chi connectivity index (χ2v) is 10.2. The van der Waals surface area contributed by atoms with Crippen LogP contribution in [0, 0.1) is 0 Å². The van der Waals surface area contributed by atoms with Crippen LogP contribution in [0.1, 0.15) is 0 Å². The van der Waals surface area contributed by atoms with Gasteiger partial charge in [0.05, 0.1) is 14.7 Å². The summed E-state index contributed by atoms with van der Waals surface area (Å²) in [7, 11) is -15.8. The van der Waals surface area contributed by atoms with Gasteiger partial charge in [-0.05, 0) is 30.3 Å². The van der Waals surface area contributed by atoms with Crippen molar-refractivity contribution in [2.24, 2.45) is 0 Å². The molecule has 4 rings (SSSR count). The Morgan fingerprint density at radius 1 is 0.531 bits per heavy atom. The van der Waals surface area contributed by atoms with E-state index in [9.17, 15) is 44.0 Å². The number of phenols is 1. The van der Waals surface area contributed by atoms with Gasteiger partial charge in [-0.25, -0.2) is 25.3 Å². The van der Waals surface area contributed by atoms with Crippen LogP contribution in [0.2, 0.25) is 0 Å². The molecule has 16 heteroatoms.